The number of nitrogens with one attached hydrogen (secondary N) is 1. The Balaban J connectivity index is 1.68. The predicted octanol–water partition coefficient (Wildman–Crippen LogP) is 4.58. The van der Waals surface area contributed by atoms with Gasteiger partial charge in [-0.2, -0.15) is 9.49 Å². The average Bonchev–Trinajstić information content (AvgIpc) is 3.11. The van der Waals surface area contributed by atoms with Gasteiger partial charge in [-0.1, -0.05) is 12.1 Å². The fourth-order valence-corrected chi connectivity index (χ4v) is 3.88. The number of benzene rings is 2. The Morgan fingerprint density at radius 3 is 2.66 bits per heavy atom. The molecule has 2 aromatic heterocycles. The second-order valence-electron chi connectivity index (χ2n) is 7.47. The first-order valence-electron chi connectivity index (χ1n) is 9.99. The number of hydrogen-bond donors (Lipinski definition) is 1. The van der Waals surface area contributed by atoms with Gasteiger partial charge in [-0.3, -0.25) is 9.48 Å². The van der Waals surface area contributed by atoms with Gasteiger partial charge >= 0.3 is 0 Å². The van der Waals surface area contributed by atoms with Gasteiger partial charge in [0.1, 0.15) is 11.6 Å². The third kappa shape index (κ3) is 3.60. The molecule has 0 saturated heterocycles. The van der Waals surface area contributed by atoms with Crippen LogP contribution in [0.25, 0.3) is 22.4 Å². The summed E-state index contributed by atoms with van der Waals surface area (Å²) in [7, 11) is 0. The van der Waals surface area contributed by atoms with Crippen molar-refractivity contribution in [3.63, 3.8) is 0 Å². The minimum Gasteiger partial charge on any atom is -0.482 e. The second kappa shape index (κ2) is 7.88. The van der Waals surface area contributed by atoms with Crippen LogP contribution in [0.15, 0.2) is 60.8 Å². The SMILES string of the molecule is Cc1nn(Cc2cccnc2F)c(-c2ccc(F)cc2)c1-c1ccc2c(c1)NC(=O)CO2. The Hall–Kier alpha value is -4.07. The zero-order valence-corrected chi connectivity index (χ0v) is 17.1. The number of nitrogens with zero attached hydrogens (tertiary/aromatic N) is 3. The number of hydrogen-bond acceptors (Lipinski definition) is 4. The second-order valence-corrected chi connectivity index (χ2v) is 7.47. The molecule has 0 aliphatic carbocycles. The summed E-state index contributed by atoms with van der Waals surface area (Å²) in [6, 6.07) is 14.9. The summed E-state index contributed by atoms with van der Waals surface area (Å²) >= 11 is 0. The first-order valence-corrected chi connectivity index (χ1v) is 9.99. The molecule has 0 atom stereocenters. The molecule has 0 spiro atoms. The lowest BCUT2D eigenvalue weighted by Crippen LogP contribution is -2.25. The Labute approximate surface area is 182 Å². The summed E-state index contributed by atoms with van der Waals surface area (Å²) in [5.41, 5.74) is 4.67. The molecule has 1 amide bonds. The van der Waals surface area contributed by atoms with E-state index in [9.17, 15) is 13.6 Å². The Morgan fingerprint density at radius 2 is 1.88 bits per heavy atom. The molecule has 1 N–H and O–H groups in total. The average molecular weight is 432 g/mol. The van der Waals surface area contributed by atoms with E-state index in [0.717, 1.165) is 16.7 Å². The molecule has 2 aromatic carbocycles. The van der Waals surface area contributed by atoms with Gasteiger partial charge in [0, 0.05) is 22.9 Å². The number of fused-ring (bicyclic) bond motifs is 1. The highest BCUT2D eigenvalue weighted by Crippen LogP contribution is 2.39. The summed E-state index contributed by atoms with van der Waals surface area (Å²) in [5, 5.41) is 7.47. The molecule has 0 unspecified atom stereocenters. The Morgan fingerprint density at radius 1 is 1.09 bits per heavy atom. The monoisotopic (exact) mass is 432 g/mol. The quantitative estimate of drug-likeness (QED) is 0.480. The van der Waals surface area contributed by atoms with Gasteiger partial charge in [0.05, 0.1) is 23.6 Å². The van der Waals surface area contributed by atoms with Gasteiger partial charge in [-0.05, 0) is 55.0 Å². The summed E-state index contributed by atoms with van der Waals surface area (Å²) in [6.07, 6.45) is 1.39. The first-order chi connectivity index (χ1) is 15.5. The Bertz CT molecular complexity index is 1330. The van der Waals surface area contributed by atoms with Crippen LogP contribution in [0.1, 0.15) is 11.3 Å². The van der Waals surface area contributed by atoms with E-state index in [2.05, 4.69) is 15.4 Å². The van der Waals surface area contributed by atoms with Crippen LogP contribution in [0.5, 0.6) is 5.75 Å². The number of pyridine rings is 1. The maximum Gasteiger partial charge on any atom is 0.262 e. The number of halogens is 2. The third-order valence-corrected chi connectivity index (χ3v) is 5.30. The van der Waals surface area contributed by atoms with E-state index in [1.807, 2.05) is 19.1 Å². The number of aromatic nitrogens is 3. The van der Waals surface area contributed by atoms with Crippen LogP contribution < -0.4 is 10.1 Å². The summed E-state index contributed by atoms with van der Waals surface area (Å²) in [4.78, 5) is 15.5. The summed E-state index contributed by atoms with van der Waals surface area (Å²) in [5.74, 6) is -0.571. The van der Waals surface area contributed by atoms with Crippen LogP contribution in [0.2, 0.25) is 0 Å². The number of carbonyl (C=O) groups is 1. The lowest BCUT2D eigenvalue weighted by Gasteiger charge is -2.19. The molecule has 1 aliphatic heterocycles. The molecule has 0 radical (unpaired) electrons. The van der Waals surface area contributed by atoms with E-state index in [0.29, 0.717) is 28.4 Å². The Kier molecular flexibility index (Phi) is 4.89. The number of aryl methyl sites for hydroxylation is 1. The molecule has 6 nitrogen and oxygen atoms in total. The predicted molar refractivity (Wildman–Crippen MR) is 115 cm³/mol. The molecule has 160 valence electrons. The van der Waals surface area contributed by atoms with Crippen LogP contribution in [-0.4, -0.2) is 27.3 Å². The van der Waals surface area contributed by atoms with E-state index in [1.165, 1.54) is 18.3 Å². The number of amides is 1. The molecule has 0 bridgehead atoms. The molecular formula is C24H18F2N4O2. The molecule has 32 heavy (non-hydrogen) atoms. The summed E-state index contributed by atoms with van der Waals surface area (Å²) in [6.45, 7) is 1.98. The van der Waals surface area contributed by atoms with Crippen LogP contribution >= 0.6 is 0 Å². The van der Waals surface area contributed by atoms with Gasteiger partial charge in [0.15, 0.2) is 6.61 Å². The molecular weight excluding hydrogens is 414 g/mol. The van der Waals surface area contributed by atoms with Gasteiger partial charge in [0.2, 0.25) is 5.95 Å². The molecule has 3 heterocycles. The highest BCUT2D eigenvalue weighted by Gasteiger charge is 2.22. The van der Waals surface area contributed by atoms with Crippen molar-refractivity contribution in [3.8, 4) is 28.1 Å². The van der Waals surface area contributed by atoms with Crippen molar-refractivity contribution in [2.75, 3.05) is 11.9 Å². The zero-order chi connectivity index (χ0) is 22.2. The van der Waals surface area contributed by atoms with Crippen molar-refractivity contribution in [2.45, 2.75) is 13.5 Å². The molecule has 0 fully saturated rings. The molecule has 1 aliphatic rings. The van der Waals surface area contributed by atoms with Crippen molar-refractivity contribution >= 4 is 11.6 Å². The highest BCUT2D eigenvalue weighted by molar-refractivity contribution is 5.97. The normalized spacial score (nSPS) is 12.8. The van der Waals surface area contributed by atoms with Crippen LogP contribution in [-0.2, 0) is 11.3 Å². The van der Waals surface area contributed by atoms with Crippen LogP contribution in [0, 0.1) is 18.7 Å². The standard InChI is InChI=1S/C24H18F2N4O2/c1-14-22(16-6-9-20-19(11-16)28-21(31)13-32-20)23(15-4-7-18(25)8-5-15)30(29-14)12-17-3-2-10-27-24(17)26/h2-11H,12-13H2,1H3,(H,28,31). The van der Waals surface area contributed by atoms with Crippen molar-refractivity contribution < 1.29 is 18.3 Å². The minimum atomic E-state index is -0.569. The van der Waals surface area contributed by atoms with E-state index < -0.39 is 5.95 Å². The van der Waals surface area contributed by atoms with Gasteiger partial charge in [0.25, 0.3) is 5.91 Å². The van der Waals surface area contributed by atoms with E-state index in [1.54, 1.807) is 35.0 Å². The molecule has 0 saturated carbocycles. The molecule has 5 rings (SSSR count). The maximum absolute atomic E-state index is 14.3. The fourth-order valence-electron chi connectivity index (χ4n) is 3.88. The van der Waals surface area contributed by atoms with Crippen molar-refractivity contribution in [3.05, 3.63) is 83.8 Å². The minimum absolute atomic E-state index is 0.0270. The van der Waals surface area contributed by atoms with Gasteiger partial charge in [-0.25, -0.2) is 9.37 Å². The topological polar surface area (TPSA) is 69.0 Å². The fraction of sp³-hybridized carbons (Fsp3) is 0.125. The first kappa shape index (κ1) is 19.9. The lowest BCUT2D eigenvalue weighted by molar-refractivity contribution is -0.118. The lowest BCUT2D eigenvalue weighted by atomic mass is 9.98. The number of carbonyl (C=O) groups excluding carboxylic acids is 1. The van der Waals surface area contributed by atoms with Crippen LogP contribution in [0.3, 0.4) is 0 Å². The van der Waals surface area contributed by atoms with Gasteiger partial charge < -0.3 is 10.1 Å². The van der Waals surface area contributed by atoms with Crippen molar-refractivity contribution in [1.29, 1.82) is 0 Å². The number of anilines is 1. The number of rotatable bonds is 4. The largest absolute Gasteiger partial charge is 0.482 e. The third-order valence-electron chi connectivity index (χ3n) is 5.30. The van der Waals surface area contributed by atoms with Gasteiger partial charge in [-0.15, -0.1) is 0 Å². The van der Waals surface area contributed by atoms with Crippen molar-refractivity contribution in [1.82, 2.24) is 14.8 Å². The summed E-state index contributed by atoms with van der Waals surface area (Å²) < 4.78 is 35.0. The highest BCUT2D eigenvalue weighted by atomic mass is 19.1. The maximum atomic E-state index is 14.3. The van der Waals surface area contributed by atoms with E-state index in [-0.39, 0.29) is 24.9 Å². The van der Waals surface area contributed by atoms with E-state index in [4.69, 9.17) is 4.74 Å². The molecule has 8 heteroatoms. The van der Waals surface area contributed by atoms with Crippen molar-refractivity contribution in [2.24, 2.45) is 0 Å². The zero-order valence-electron chi connectivity index (χ0n) is 17.1. The van der Waals surface area contributed by atoms with Crippen LogP contribution in [0.4, 0.5) is 14.5 Å². The smallest absolute Gasteiger partial charge is 0.262 e. The van der Waals surface area contributed by atoms with E-state index >= 15 is 0 Å². The molecule has 4 aromatic rings. The number of ether oxygens (including phenoxy) is 1.